The number of nitrogen functional groups attached to an aromatic ring is 1. The van der Waals surface area contributed by atoms with Crippen molar-refractivity contribution in [3.63, 3.8) is 0 Å². The molecule has 40 heavy (non-hydrogen) atoms. The van der Waals surface area contributed by atoms with Crippen molar-refractivity contribution in [3.05, 3.63) is 24.2 Å². The number of nitriles is 1. The average Bonchev–Trinajstić information content (AvgIpc) is 3.47. The maximum absolute atomic E-state index is 13.8. The Hall–Kier alpha value is -3.45. The Morgan fingerprint density at radius 1 is 1.32 bits per heavy atom. The molecule has 1 saturated heterocycles. The Morgan fingerprint density at radius 3 is 2.65 bits per heavy atom. The summed E-state index contributed by atoms with van der Waals surface area (Å²) >= 11 is 0. The van der Waals surface area contributed by atoms with Gasteiger partial charge in [-0.1, -0.05) is 6.92 Å². The van der Waals surface area contributed by atoms with Gasteiger partial charge in [0.15, 0.2) is 5.82 Å². The van der Waals surface area contributed by atoms with Gasteiger partial charge in [0, 0.05) is 0 Å². The molecule has 0 bridgehead atoms. The molecule has 1 fully saturated rings. The van der Waals surface area contributed by atoms with Crippen LogP contribution in [0.3, 0.4) is 0 Å². The summed E-state index contributed by atoms with van der Waals surface area (Å²) in [7, 11) is -4.42. The van der Waals surface area contributed by atoms with Crippen molar-refractivity contribution in [1.29, 1.82) is 5.26 Å². The minimum absolute atomic E-state index is 0.0206. The van der Waals surface area contributed by atoms with E-state index in [1.807, 2.05) is 6.07 Å². The smallest absolute Gasteiger partial charge is 0.388 e. The van der Waals surface area contributed by atoms with Crippen molar-refractivity contribution >= 4 is 36.7 Å². The molecule has 2 aromatic heterocycles. The van der Waals surface area contributed by atoms with E-state index >= 15 is 0 Å². The molecule has 0 aromatic carbocycles. The number of rotatable bonds is 12. The molecule has 6 atom stereocenters. The van der Waals surface area contributed by atoms with Crippen LogP contribution in [0.4, 0.5) is 5.82 Å². The van der Waals surface area contributed by atoms with E-state index < -0.39 is 56.2 Å². The minimum atomic E-state index is -4.42. The van der Waals surface area contributed by atoms with Gasteiger partial charge in [0.05, 0.1) is 25.5 Å². The minimum Gasteiger partial charge on any atom is -0.465 e. The number of ether oxygens (including phenoxy) is 3. The zero-order valence-electron chi connectivity index (χ0n) is 22.4. The van der Waals surface area contributed by atoms with E-state index in [-0.39, 0.29) is 36.9 Å². The molecule has 0 amide bonds. The molecule has 0 aliphatic carbocycles. The second kappa shape index (κ2) is 12.8. The maximum atomic E-state index is 13.8. The predicted molar refractivity (Wildman–Crippen MR) is 139 cm³/mol. The van der Waals surface area contributed by atoms with Crippen molar-refractivity contribution in [2.24, 2.45) is 4.76 Å². The number of carbonyl (C=O) groups is 2. The second-order valence-corrected chi connectivity index (χ2v) is 10.4. The largest absolute Gasteiger partial charge is 0.465 e. The van der Waals surface area contributed by atoms with Gasteiger partial charge in [-0.05, 0) is 39.3 Å². The van der Waals surface area contributed by atoms with Gasteiger partial charge in [0.1, 0.15) is 48.0 Å². The number of esters is 2. The number of carbonyl (C=O) groups excluding carboxylic acids is 2. The summed E-state index contributed by atoms with van der Waals surface area (Å²) in [4.78, 5) is 28.4. The van der Waals surface area contributed by atoms with Crippen molar-refractivity contribution in [2.75, 3.05) is 25.6 Å². The summed E-state index contributed by atoms with van der Waals surface area (Å²) in [5.74, 6) is -1.49. The summed E-state index contributed by atoms with van der Waals surface area (Å²) in [5, 5.41) is 38.3. The van der Waals surface area contributed by atoms with Crippen molar-refractivity contribution in [3.8, 4) is 6.07 Å². The highest BCUT2D eigenvalue weighted by molar-refractivity contribution is 7.55. The van der Waals surface area contributed by atoms with E-state index in [1.54, 1.807) is 20.8 Å². The lowest BCUT2D eigenvalue weighted by Gasteiger charge is -2.24. The Bertz CT molecular complexity index is 1360. The number of nitrogens with one attached hydrogen (secondary N) is 1. The van der Waals surface area contributed by atoms with Gasteiger partial charge in [0.2, 0.25) is 5.60 Å². The number of aromatic nitrogens is 3. The Labute approximate surface area is 229 Å². The fourth-order valence-electron chi connectivity index (χ4n) is 4.01. The lowest BCUT2D eigenvalue weighted by molar-refractivity contribution is -0.144. The second-order valence-electron chi connectivity index (χ2n) is 8.64. The van der Waals surface area contributed by atoms with Crippen LogP contribution in [0.5, 0.6) is 0 Å². The first-order chi connectivity index (χ1) is 19.0. The third-order valence-corrected chi connectivity index (χ3v) is 7.71. The molecule has 3 heterocycles. The molecular formula is C23H32N7O9P. The van der Waals surface area contributed by atoms with Gasteiger partial charge in [-0.25, -0.2) is 23.9 Å². The highest BCUT2D eigenvalue weighted by Gasteiger charge is 2.58. The molecule has 0 saturated carbocycles. The van der Waals surface area contributed by atoms with Gasteiger partial charge in [0.25, 0.3) is 0 Å². The van der Waals surface area contributed by atoms with Crippen molar-refractivity contribution < 1.29 is 43.1 Å². The lowest BCUT2D eigenvalue weighted by atomic mass is 9.92. The van der Waals surface area contributed by atoms with Gasteiger partial charge in [-0.15, -0.1) is 0 Å². The third-order valence-electron chi connectivity index (χ3n) is 6.00. The highest BCUT2D eigenvalue weighted by Crippen LogP contribution is 2.47. The molecular weight excluding hydrogens is 549 g/mol. The van der Waals surface area contributed by atoms with E-state index in [4.69, 9.17) is 24.5 Å². The van der Waals surface area contributed by atoms with Crippen molar-refractivity contribution in [1.82, 2.24) is 19.7 Å². The van der Waals surface area contributed by atoms with E-state index in [1.165, 1.54) is 23.6 Å². The van der Waals surface area contributed by atoms with Crippen LogP contribution in [0.25, 0.3) is 5.52 Å². The van der Waals surface area contributed by atoms with E-state index in [0.717, 1.165) is 6.33 Å². The first kappa shape index (κ1) is 31.1. The molecule has 0 spiro atoms. The Balaban J connectivity index is 1.92. The maximum Gasteiger partial charge on any atom is 0.388 e. The SMILES string of the molecule is CCOC(=O)C(CC)=NP(=O)(NC(C)C(=O)OCC)OCC1OC(C#N)(c2ccc3c(N)ncnn23)C(O)C1O. The Kier molecular flexibility index (Phi) is 9.96. The number of aliphatic hydroxyl groups is 2. The number of nitrogens with zero attached hydrogens (tertiary/aromatic N) is 5. The monoisotopic (exact) mass is 581 g/mol. The van der Waals surface area contributed by atoms with Gasteiger partial charge in [-0.3, -0.25) is 9.32 Å². The fourth-order valence-corrected chi connectivity index (χ4v) is 5.69. The fraction of sp³-hybridized carbons (Fsp3) is 0.565. The highest BCUT2D eigenvalue weighted by atomic mass is 31.2. The topological polar surface area (TPSA) is 233 Å². The van der Waals surface area contributed by atoms with Gasteiger partial charge >= 0.3 is 19.6 Å². The summed E-state index contributed by atoms with van der Waals surface area (Å²) in [6.07, 6.45) is -3.72. The molecule has 3 rings (SSSR count). The molecule has 2 aromatic rings. The van der Waals surface area contributed by atoms with E-state index in [0.29, 0.717) is 5.52 Å². The predicted octanol–water partition coefficient (Wildman–Crippen LogP) is 0.231. The van der Waals surface area contributed by atoms with Gasteiger partial charge in [-0.2, -0.15) is 15.1 Å². The zero-order chi connectivity index (χ0) is 29.7. The first-order valence-electron chi connectivity index (χ1n) is 12.5. The number of nitrogens with two attached hydrogens (primary N) is 1. The van der Waals surface area contributed by atoms with Crippen LogP contribution in [0, 0.1) is 11.3 Å². The van der Waals surface area contributed by atoms with Crippen LogP contribution in [0.2, 0.25) is 0 Å². The number of fused-ring (bicyclic) bond motifs is 1. The van der Waals surface area contributed by atoms with Crippen LogP contribution in [0.15, 0.2) is 23.2 Å². The van der Waals surface area contributed by atoms with Crippen LogP contribution in [-0.4, -0.2) is 86.6 Å². The van der Waals surface area contributed by atoms with E-state index in [2.05, 4.69) is 19.9 Å². The summed E-state index contributed by atoms with van der Waals surface area (Å²) < 4.78 is 40.2. The lowest BCUT2D eigenvalue weighted by Crippen LogP contribution is -2.41. The molecule has 17 heteroatoms. The summed E-state index contributed by atoms with van der Waals surface area (Å²) in [5.41, 5.74) is 3.89. The van der Waals surface area contributed by atoms with Crippen molar-refractivity contribution in [2.45, 2.75) is 64.1 Å². The quantitative estimate of drug-likeness (QED) is 0.149. The first-order valence-corrected chi connectivity index (χ1v) is 14.0. The average molecular weight is 582 g/mol. The number of aliphatic hydroxyl groups excluding tert-OH is 2. The molecule has 218 valence electrons. The van der Waals surface area contributed by atoms with Crippen LogP contribution in [0.1, 0.15) is 39.8 Å². The number of anilines is 1. The normalized spacial score (nSPS) is 25.2. The zero-order valence-corrected chi connectivity index (χ0v) is 23.3. The molecule has 16 nitrogen and oxygen atoms in total. The molecule has 6 unspecified atom stereocenters. The molecule has 1 aliphatic heterocycles. The molecule has 5 N–H and O–H groups in total. The van der Waals surface area contributed by atoms with E-state index in [9.17, 15) is 29.6 Å². The summed E-state index contributed by atoms with van der Waals surface area (Å²) in [6, 6.07) is 3.66. The third kappa shape index (κ3) is 6.15. The number of hydrogen-bond acceptors (Lipinski definition) is 13. The standard InChI is InChI=1S/C23H32N7O9P/c1-5-14(22(34)37-7-3)29-40(35,28-13(4)21(33)36-6-2)38-10-16-18(31)19(32)23(11-24,39-16)17-9-8-15-20(25)26-12-27-30(15)17/h8-9,12-13,16,18-19,31-32H,5-7,10H2,1-4H3,(H,28,35)(H2,25,26,27). The molecule has 0 radical (unpaired) electrons. The molecule has 1 aliphatic rings. The number of hydrogen-bond donors (Lipinski definition) is 4. The van der Waals surface area contributed by atoms with Crippen LogP contribution in [-0.2, 0) is 38.5 Å². The van der Waals surface area contributed by atoms with Crippen LogP contribution < -0.4 is 10.8 Å². The Morgan fingerprint density at radius 2 is 2.02 bits per heavy atom. The van der Waals surface area contributed by atoms with Crippen LogP contribution >= 0.6 is 7.67 Å². The summed E-state index contributed by atoms with van der Waals surface area (Å²) in [6.45, 7) is 5.54. The van der Waals surface area contributed by atoms with Gasteiger partial charge < -0.3 is 30.2 Å².